The highest BCUT2D eigenvalue weighted by atomic mass is 19.4. The lowest BCUT2D eigenvalue weighted by molar-refractivity contribution is -0.143. The number of hydrogen-bond acceptors (Lipinski definition) is 8. The van der Waals surface area contributed by atoms with Crippen LogP contribution in [0, 0.1) is 0 Å². The first-order valence-corrected chi connectivity index (χ1v) is 20.0. The van der Waals surface area contributed by atoms with Gasteiger partial charge in [0, 0.05) is 49.3 Å². The number of halogens is 6. The highest BCUT2D eigenvalue weighted by molar-refractivity contribution is 6.00. The molecule has 3 N–H and O–H groups in total. The number of rotatable bonds is 17. The quantitative estimate of drug-likeness (QED) is 0.0720. The van der Waals surface area contributed by atoms with Gasteiger partial charge in [0.15, 0.2) is 0 Å². The lowest BCUT2D eigenvalue weighted by Crippen LogP contribution is -2.63. The fraction of sp³-hybridized carbons (Fsp3) is 0.378. The molecule has 63 heavy (non-hydrogen) atoms. The van der Waals surface area contributed by atoms with Gasteiger partial charge in [0.1, 0.15) is 28.5 Å². The SMILES string of the molecule is CCNC(=O)CCCCOc1cc(OC)c(CNC(=O)C2(NC(=O)c3ccc(-c4ccc(OC)cc4)cc3)CCN(C(=O)c3cc(C(F)(F)F)cc(C(F)(F)F)c3)CC2)c(OC)c1. The molecule has 0 radical (unpaired) electrons. The average molecular weight is 887 g/mol. The second kappa shape index (κ2) is 20.6. The van der Waals surface area contributed by atoms with Crippen LogP contribution in [0.5, 0.6) is 23.0 Å². The Labute approximate surface area is 360 Å². The van der Waals surface area contributed by atoms with Gasteiger partial charge < -0.3 is 39.8 Å². The van der Waals surface area contributed by atoms with Crippen molar-refractivity contribution in [2.75, 3.05) is 47.6 Å². The lowest BCUT2D eigenvalue weighted by Gasteiger charge is -2.41. The largest absolute Gasteiger partial charge is 0.497 e. The summed E-state index contributed by atoms with van der Waals surface area (Å²) in [7, 11) is 4.36. The van der Waals surface area contributed by atoms with E-state index in [-0.39, 0.29) is 50.0 Å². The zero-order valence-corrected chi connectivity index (χ0v) is 35.1. The molecule has 0 bridgehead atoms. The Morgan fingerprint density at radius 2 is 1.24 bits per heavy atom. The Kier molecular flexibility index (Phi) is 15.6. The summed E-state index contributed by atoms with van der Waals surface area (Å²) in [5.41, 5.74) is -3.60. The van der Waals surface area contributed by atoms with Gasteiger partial charge in [-0.15, -0.1) is 0 Å². The number of nitrogens with one attached hydrogen (secondary N) is 3. The molecule has 0 saturated carbocycles. The first kappa shape index (κ1) is 47.6. The van der Waals surface area contributed by atoms with Gasteiger partial charge in [-0.05, 0) is 86.2 Å². The molecule has 0 aliphatic carbocycles. The predicted molar refractivity (Wildman–Crippen MR) is 220 cm³/mol. The molecule has 0 aromatic heterocycles. The van der Waals surface area contributed by atoms with E-state index in [0.29, 0.717) is 73.1 Å². The van der Waals surface area contributed by atoms with Crippen LogP contribution >= 0.6 is 0 Å². The second-order valence-electron chi connectivity index (χ2n) is 14.7. The van der Waals surface area contributed by atoms with Crippen molar-refractivity contribution in [1.82, 2.24) is 20.9 Å². The van der Waals surface area contributed by atoms with E-state index in [4.69, 9.17) is 18.9 Å². The third kappa shape index (κ3) is 12.1. The van der Waals surface area contributed by atoms with Gasteiger partial charge in [-0.3, -0.25) is 19.2 Å². The Balaban J connectivity index is 1.37. The maximum absolute atomic E-state index is 14.3. The van der Waals surface area contributed by atoms with Crippen LogP contribution in [0.2, 0.25) is 0 Å². The first-order valence-electron chi connectivity index (χ1n) is 20.0. The zero-order valence-electron chi connectivity index (χ0n) is 35.1. The van der Waals surface area contributed by atoms with Crippen LogP contribution < -0.4 is 34.9 Å². The van der Waals surface area contributed by atoms with Gasteiger partial charge in [-0.25, -0.2) is 0 Å². The van der Waals surface area contributed by atoms with Gasteiger partial charge in [0.2, 0.25) is 11.8 Å². The Hall–Kier alpha value is -6.46. The van der Waals surface area contributed by atoms with E-state index >= 15 is 0 Å². The van der Waals surface area contributed by atoms with Crippen LogP contribution in [-0.4, -0.2) is 81.6 Å². The summed E-state index contributed by atoms with van der Waals surface area (Å²) in [6.07, 6.45) is -9.30. The summed E-state index contributed by atoms with van der Waals surface area (Å²) in [6, 6.07) is 17.7. The van der Waals surface area contributed by atoms with Gasteiger partial charge in [-0.2, -0.15) is 26.3 Å². The number of nitrogens with zero attached hydrogens (tertiary/aromatic N) is 1. The number of carbonyl (C=O) groups excluding carboxylic acids is 4. The van der Waals surface area contributed by atoms with Crippen molar-refractivity contribution in [3.63, 3.8) is 0 Å². The Morgan fingerprint density at radius 3 is 1.75 bits per heavy atom. The van der Waals surface area contributed by atoms with Gasteiger partial charge in [0.25, 0.3) is 11.8 Å². The minimum Gasteiger partial charge on any atom is -0.497 e. The zero-order chi connectivity index (χ0) is 46.0. The van der Waals surface area contributed by atoms with Crippen LogP contribution in [-0.2, 0) is 28.5 Å². The molecular weight excluding hydrogens is 839 g/mol. The van der Waals surface area contributed by atoms with Crippen molar-refractivity contribution >= 4 is 23.6 Å². The number of unbranched alkanes of at least 4 members (excludes halogenated alkanes) is 1. The fourth-order valence-corrected chi connectivity index (χ4v) is 7.07. The van der Waals surface area contributed by atoms with E-state index in [0.717, 1.165) is 16.0 Å². The summed E-state index contributed by atoms with van der Waals surface area (Å²) in [5.74, 6) is -0.853. The summed E-state index contributed by atoms with van der Waals surface area (Å²) >= 11 is 0. The normalized spacial score (nSPS) is 13.7. The molecule has 0 atom stereocenters. The molecule has 1 saturated heterocycles. The number of ether oxygens (including phenoxy) is 4. The molecule has 0 unspecified atom stereocenters. The summed E-state index contributed by atoms with van der Waals surface area (Å²) in [4.78, 5) is 54.6. The lowest BCUT2D eigenvalue weighted by atomic mass is 9.85. The maximum atomic E-state index is 14.3. The van der Waals surface area contributed by atoms with Gasteiger partial charge in [-0.1, -0.05) is 24.3 Å². The van der Waals surface area contributed by atoms with Crippen LogP contribution in [0.15, 0.2) is 78.9 Å². The minimum atomic E-state index is -5.17. The molecule has 18 heteroatoms. The monoisotopic (exact) mass is 886 g/mol. The molecule has 1 heterocycles. The van der Waals surface area contributed by atoms with Crippen LogP contribution in [0.1, 0.15) is 76.4 Å². The highest BCUT2D eigenvalue weighted by Crippen LogP contribution is 2.38. The van der Waals surface area contributed by atoms with E-state index < -0.39 is 52.3 Å². The predicted octanol–water partition coefficient (Wildman–Crippen LogP) is 7.82. The smallest absolute Gasteiger partial charge is 0.416 e. The van der Waals surface area contributed by atoms with Crippen molar-refractivity contribution in [2.45, 2.75) is 63.5 Å². The molecule has 1 fully saturated rings. The van der Waals surface area contributed by atoms with Crippen LogP contribution in [0.4, 0.5) is 26.3 Å². The average Bonchev–Trinajstić information content (AvgIpc) is 3.27. The van der Waals surface area contributed by atoms with E-state index in [2.05, 4.69) is 16.0 Å². The topological polar surface area (TPSA) is 145 Å². The number of likely N-dealkylation sites (tertiary alicyclic amines) is 1. The Bertz CT molecular complexity index is 2180. The fourth-order valence-electron chi connectivity index (χ4n) is 7.07. The second-order valence-corrected chi connectivity index (χ2v) is 14.7. The minimum absolute atomic E-state index is 0.0508. The number of benzene rings is 4. The number of hydrogen-bond donors (Lipinski definition) is 3. The molecule has 4 aromatic carbocycles. The first-order chi connectivity index (χ1) is 29.9. The molecular formula is C45H48F6N4O8. The molecule has 1 aliphatic rings. The molecule has 5 rings (SSSR count). The van der Waals surface area contributed by atoms with E-state index in [9.17, 15) is 45.5 Å². The number of alkyl halides is 6. The summed E-state index contributed by atoms with van der Waals surface area (Å²) in [5, 5.41) is 8.38. The highest BCUT2D eigenvalue weighted by Gasteiger charge is 2.45. The molecule has 4 amide bonds. The van der Waals surface area contributed by atoms with E-state index in [1.807, 2.05) is 19.1 Å². The molecule has 0 spiro atoms. The summed E-state index contributed by atoms with van der Waals surface area (Å²) in [6.45, 7) is 1.86. The van der Waals surface area contributed by atoms with Crippen molar-refractivity contribution in [1.29, 1.82) is 0 Å². The van der Waals surface area contributed by atoms with E-state index in [1.165, 1.54) is 14.2 Å². The van der Waals surface area contributed by atoms with Crippen molar-refractivity contribution in [3.8, 4) is 34.1 Å². The molecule has 1 aliphatic heterocycles. The summed E-state index contributed by atoms with van der Waals surface area (Å²) < 4.78 is 104. The standard InChI is InChI=1S/C45H48F6N4O8/c1-5-52-39(56)8-6-7-21-63-35-25-37(61-3)36(38(26-35)62-4)27-53-42(59)43(54-40(57)30-11-9-28(10-12-30)29-13-15-34(60-2)16-14-29)17-19-55(20-18-43)41(58)31-22-32(44(46,47)48)24-33(23-31)45(49,50)51/h9-16,22-26H,5-8,17-21,27H2,1-4H3,(H,52,56)(H,53,59)(H,54,57). The van der Waals surface area contributed by atoms with Gasteiger partial charge >= 0.3 is 12.4 Å². The Morgan fingerprint density at radius 1 is 0.683 bits per heavy atom. The maximum Gasteiger partial charge on any atom is 0.416 e. The molecule has 4 aromatic rings. The number of piperidine rings is 1. The van der Waals surface area contributed by atoms with E-state index in [1.54, 1.807) is 55.6 Å². The molecule has 12 nitrogen and oxygen atoms in total. The van der Waals surface area contributed by atoms with Crippen LogP contribution in [0.25, 0.3) is 11.1 Å². The third-order valence-corrected chi connectivity index (χ3v) is 10.5. The van der Waals surface area contributed by atoms with Crippen LogP contribution in [0.3, 0.4) is 0 Å². The van der Waals surface area contributed by atoms with Crippen molar-refractivity contribution in [3.05, 3.63) is 107 Å². The third-order valence-electron chi connectivity index (χ3n) is 10.5. The van der Waals surface area contributed by atoms with Gasteiger partial charge in [0.05, 0.1) is 51.2 Å². The number of amides is 4. The number of carbonyl (C=O) groups is 4. The molecule has 338 valence electrons. The van der Waals surface area contributed by atoms with Crippen molar-refractivity contribution < 1.29 is 64.5 Å². The number of methoxy groups -OCH3 is 3. The van der Waals surface area contributed by atoms with Crippen molar-refractivity contribution in [2.24, 2.45) is 0 Å².